The van der Waals surface area contributed by atoms with Crippen molar-refractivity contribution in [2.75, 3.05) is 125 Å². The Morgan fingerprint density at radius 1 is 0.473 bits per heavy atom. The molecule has 0 heterocycles. The van der Waals surface area contributed by atoms with E-state index in [1.165, 1.54) is 13.8 Å². The molecule has 0 aromatic heterocycles. The lowest BCUT2D eigenvalue weighted by atomic mass is 9.92. The van der Waals surface area contributed by atoms with E-state index in [0.29, 0.717) is 59.3 Å². The molecule has 5 N–H and O–H groups in total. The van der Waals surface area contributed by atoms with Crippen LogP contribution in [-0.2, 0) is 61.9 Å². The second-order valence-electron chi connectivity index (χ2n) is 15.4. The predicted octanol–water partition coefficient (Wildman–Crippen LogP) is -0.214. The van der Waals surface area contributed by atoms with Crippen LogP contribution < -0.4 is 21.3 Å². The zero-order valence-corrected chi connectivity index (χ0v) is 34.4. The van der Waals surface area contributed by atoms with Gasteiger partial charge in [0.1, 0.15) is 31.0 Å². The van der Waals surface area contributed by atoms with Crippen molar-refractivity contribution in [2.24, 2.45) is 5.41 Å². The number of hydrogen-bond acceptors (Lipinski definition) is 16. The highest BCUT2D eigenvalue weighted by Crippen LogP contribution is 2.21. The monoisotopic (exact) mass is 794 g/mol. The molecule has 0 aliphatic heterocycles. The molecule has 0 fully saturated rings. The van der Waals surface area contributed by atoms with Crippen molar-refractivity contribution in [2.45, 2.75) is 77.5 Å². The highest BCUT2D eigenvalue weighted by atomic mass is 16.6. The van der Waals surface area contributed by atoms with Gasteiger partial charge in [-0.15, -0.1) is 0 Å². The summed E-state index contributed by atoms with van der Waals surface area (Å²) >= 11 is 0. The van der Waals surface area contributed by atoms with Gasteiger partial charge in [0.15, 0.2) is 0 Å². The summed E-state index contributed by atoms with van der Waals surface area (Å²) in [6, 6.07) is 0. The lowest BCUT2D eigenvalue weighted by molar-refractivity contribution is -0.147. The van der Waals surface area contributed by atoms with Crippen molar-refractivity contribution in [1.29, 1.82) is 0 Å². The number of aliphatic carboxylic acids is 1. The molecule has 0 atom stereocenters. The SMILES string of the molecule is CC(C)(C=O)NCCOCCOCC(COCCOCCNC(C)(C)C=O)(COCCOCCNC(C)(C)C=O)COCCOCC(=O)NC(C)(C)C(=O)O. The summed E-state index contributed by atoms with van der Waals surface area (Å²) in [4.78, 5) is 56.7. The number of carboxylic acid groups (broad SMARTS) is 1. The van der Waals surface area contributed by atoms with Gasteiger partial charge in [-0.1, -0.05) is 0 Å². The Bertz CT molecular complexity index is 986. The number of aldehydes is 3. The lowest BCUT2D eigenvalue weighted by Gasteiger charge is -2.33. The van der Waals surface area contributed by atoms with Gasteiger partial charge < -0.3 is 78.7 Å². The summed E-state index contributed by atoms with van der Waals surface area (Å²) in [6.45, 7) is 18.3. The predicted molar refractivity (Wildman–Crippen MR) is 203 cm³/mol. The first-order valence-electron chi connectivity index (χ1n) is 18.7. The Morgan fingerprint density at radius 2 is 0.764 bits per heavy atom. The Kier molecular flexibility index (Phi) is 27.5. The van der Waals surface area contributed by atoms with E-state index in [4.69, 9.17) is 37.9 Å². The summed E-state index contributed by atoms with van der Waals surface area (Å²) in [7, 11) is 0. The van der Waals surface area contributed by atoms with Crippen LogP contribution in [0.25, 0.3) is 0 Å². The topological polar surface area (TPSA) is 228 Å². The molecule has 0 bridgehead atoms. The van der Waals surface area contributed by atoms with E-state index in [1.54, 1.807) is 41.5 Å². The first-order chi connectivity index (χ1) is 25.8. The standard InChI is InChI=1S/C37H70N4O14/c1-33(2,24-42)38-9-12-48-15-19-52-27-37(28-53-20-16-49-13-10-39-34(3,4)25-43,29-54-21-17-50-14-11-40-35(5,6)26-44)30-55-22-18-51-23-31(45)41-36(7,8)32(46)47/h24-26,38-40H,9-23,27-30H2,1-8H3,(H,41,45)(H,46,47). The molecular weight excluding hydrogens is 724 g/mol. The molecule has 18 nitrogen and oxygen atoms in total. The molecule has 0 saturated carbocycles. The zero-order valence-electron chi connectivity index (χ0n) is 34.4. The number of nitrogens with one attached hydrogen (secondary N) is 4. The number of hydrogen-bond donors (Lipinski definition) is 5. The number of rotatable bonds is 39. The Labute approximate surface area is 327 Å². The third-order valence-corrected chi connectivity index (χ3v) is 7.71. The van der Waals surface area contributed by atoms with Crippen LogP contribution in [0.3, 0.4) is 0 Å². The van der Waals surface area contributed by atoms with E-state index in [1.807, 2.05) is 0 Å². The van der Waals surface area contributed by atoms with E-state index in [2.05, 4.69) is 21.3 Å². The van der Waals surface area contributed by atoms with Crippen molar-refractivity contribution < 1.29 is 67.0 Å². The number of carbonyl (C=O) groups is 5. The summed E-state index contributed by atoms with van der Waals surface area (Å²) < 4.78 is 46.5. The fraction of sp³-hybridized carbons (Fsp3) is 0.865. The highest BCUT2D eigenvalue weighted by molar-refractivity contribution is 5.86. The van der Waals surface area contributed by atoms with Crippen LogP contribution >= 0.6 is 0 Å². The minimum atomic E-state index is -1.43. The molecule has 0 spiro atoms. The molecular formula is C37H70N4O14. The van der Waals surface area contributed by atoms with Crippen LogP contribution in [0, 0.1) is 5.41 Å². The minimum absolute atomic E-state index is 0.0634. The van der Waals surface area contributed by atoms with Crippen molar-refractivity contribution >= 4 is 30.7 Å². The van der Waals surface area contributed by atoms with Crippen LogP contribution in [0.2, 0.25) is 0 Å². The fourth-order valence-electron chi connectivity index (χ4n) is 4.25. The number of amides is 1. The van der Waals surface area contributed by atoms with Gasteiger partial charge in [0.25, 0.3) is 0 Å². The molecule has 322 valence electrons. The van der Waals surface area contributed by atoms with E-state index in [-0.39, 0.29) is 66.1 Å². The first-order valence-corrected chi connectivity index (χ1v) is 18.7. The molecule has 0 radical (unpaired) electrons. The maximum absolute atomic E-state index is 12.1. The summed E-state index contributed by atoms with van der Waals surface area (Å²) in [6.07, 6.45) is 2.52. The van der Waals surface area contributed by atoms with Crippen molar-refractivity contribution in [3.63, 3.8) is 0 Å². The van der Waals surface area contributed by atoms with Gasteiger partial charge in [0.2, 0.25) is 5.91 Å². The average Bonchev–Trinajstić information content (AvgIpc) is 3.12. The number of ether oxygens (including phenoxy) is 8. The maximum Gasteiger partial charge on any atom is 0.328 e. The molecule has 18 heteroatoms. The zero-order chi connectivity index (χ0) is 41.7. The van der Waals surface area contributed by atoms with Crippen molar-refractivity contribution in [3.8, 4) is 0 Å². The molecule has 0 rings (SSSR count). The molecule has 0 aromatic carbocycles. The summed E-state index contributed by atoms with van der Waals surface area (Å²) in [5.41, 5.74) is -4.14. The minimum Gasteiger partial charge on any atom is -0.480 e. The largest absolute Gasteiger partial charge is 0.480 e. The quantitative estimate of drug-likeness (QED) is 0.0401. The summed E-state index contributed by atoms with van der Waals surface area (Å²) in [5, 5.41) is 20.9. The highest BCUT2D eigenvalue weighted by Gasteiger charge is 2.33. The normalized spacial score (nSPS) is 12.8. The molecule has 55 heavy (non-hydrogen) atoms. The molecule has 0 aromatic rings. The van der Waals surface area contributed by atoms with E-state index in [0.717, 1.165) is 18.9 Å². The second kappa shape index (κ2) is 28.8. The van der Waals surface area contributed by atoms with Crippen LogP contribution in [0.4, 0.5) is 0 Å². The third kappa shape index (κ3) is 28.5. The van der Waals surface area contributed by atoms with Gasteiger partial charge in [-0.2, -0.15) is 0 Å². The maximum atomic E-state index is 12.1. The molecule has 1 amide bonds. The smallest absolute Gasteiger partial charge is 0.328 e. The van der Waals surface area contributed by atoms with Crippen LogP contribution in [-0.4, -0.2) is 183 Å². The van der Waals surface area contributed by atoms with Gasteiger partial charge in [0.05, 0.1) is 121 Å². The fourth-order valence-corrected chi connectivity index (χ4v) is 4.25. The number of carboxylic acids is 1. The second-order valence-corrected chi connectivity index (χ2v) is 15.4. The van der Waals surface area contributed by atoms with Crippen LogP contribution in [0.15, 0.2) is 0 Å². The van der Waals surface area contributed by atoms with Gasteiger partial charge in [0, 0.05) is 19.6 Å². The third-order valence-electron chi connectivity index (χ3n) is 7.71. The van der Waals surface area contributed by atoms with Gasteiger partial charge in [-0.3, -0.25) is 4.79 Å². The Hall–Kier alpha value is -2.49. The Balaban J connectivity index is 5.32. The first kappa shape index (κ1) is 52.5. The van der Waals surface area contributed by atoms with Gasteiger partial charge >= 0.3 is 5.97 Å². The summed E-state index contributed by atoms with van der Waals surface area (Å²) in [5.74, 6) is -1.74. The van der Waals surface area contributed by atoms with Crippen molar-refractivity contribution in [3.05, 3.63) is 0 Å². The van der Waals surface area contributed by atoms with E-state index in [9.17, 15) is 29.1 Å². The number of carbonyl (C=O) groups excluding carboxylic acids is 4. The molecule has 0 unspecified atom stereocenters. The average molecular weight is 795 g/mol. The van der Waals surface area contributed by atoms with Crippen LogP contribution in [0.1, 0.15) is 55.4 Å². The van der Waals surface area contributed by atoms with Gasteiger partial charge in [-0.05, 0) is 55.4 Å². The van der Waals surface area contributed by atoms with E-state index < -0.39 is 39.4 Å². The van der Waals surface area contributed by atoms with Crippen LogP contribution in [0.5, 0.6) is 0 Å². The molecule has 0 aliphatic carbocycles. The Morgan fingerprint density at radius 3 is 1.05 bits per heavy atom. The van der Waals surface area contributed by atoms with Gasteiger partial charge in [-0.25, -0.2) is 4.79 Å². The molecule has 0 saturated heterocycles. The van der Waals surface area contributed by atoms with Crippen molar-refractivity contribution in [1.82, 2.24) is 21.3 Å². The lowest BCUT2D eigenvalue weighted by Crippen LogP contribution is -2.50. The molecule has 0 aliphatic rings. The van der Waals surface area contributed by atoms with E-state index >= 15 is 0 Å².